The van der Waals surface area contributed by atoms with Crippen LogP contribution in [0.5, 0.6) is 5.75 Å². The van der Waals surface area contributed by atoms with Gasteiger partial charge < -0.3 is 20.1 Å². The SMILES string of the molecule is CCOc1ccc(C(=O)Nc2ccc(C[C@@]34CN[C@@H](CO3)C4)cc2)cc1. The molecule has 2 aliphatic rings. The molecule has 0 aromatic heterocycles. The van der Waals surface area contributed by atoms with Gasteiger partial charge in [-0.3, -0.25) is 4.79 Å². The first-order chi connectivity index (χ1) is 12.7. The first kappa shape index (κ1) is 17.1. The van der Waals surface area contributed by atoms with E-state index in [1.165, 1.54) is 5.56 Å². The number of hydrogen-bond acceptors (Lipinski definition) is 4. The first-order valence-electron chi connectivity index (χ1n) is 9.16. The zero-order valence-electron chi connectivity index (χ0n) is 15.0. The van der Waals surface area contributed by atoms with Crippen LogP contribution >= 0.6 is 0 Å². The van der Waals surface area contributed by atoms with Crippen LogP contribution in [0.15, 0.2) is 48.5 Å². The molecule has 1 amide bonds. The lowest BCUT2D eigenvalue weighted by atomic mass is 9.93. The zero-order valence-corrected chi connectivity index (χ0v) is 15.0. The topological polar surface area (TPSA) is 59.6 Å². The van der Waals surface area contributed by atoms with Crippen molar-refractivity contribution in [3.05, 3.63) is 59.7 Å². The van der Waals surface area contributed by atoms with Crippen LogP contribution in [0.4, 0.5) is 5.69 Å². The van der Waals surface area contributed by atoms with Crippen molar-refractivity contribution < 1.29 is 14.3 Å². The van der Waals surface area contributed by atoms with Crippen LogP contribution in [0.2, 0.25) is 0 Å². The highest BCUT2D eigenvalue weighted by Crippen LogP contribution is 2.34. The molecule has 0 spiro atoms. The summed E-state index contributed by atoms with van der Waals surface area (Å²) in [5.74, 6) is 0.645. The van der Waals surface area contributed by atoms with E-state index in [2.05, 4.69) is 22.8 Å². The highest BCUT2D eigenvalue weighted by atomic mass is 16.5. The van der Waals surface area contributed by atoms with Gasteiger partial charge in [-0.15, -0.1) is 0 Å². The van der Waals surface area contributed by atoms with E-state index in [9.17, 15) is 4.79 Å². The number of hydrogen-bond donors (Lipinski definition) is 2. The molecule has 2 atom stereocenters. The van der Waals surface area contributed by atoms with Crippen LogP contribution in [-0.2, 0) is 11.2 Å². The molecule has 0 unspecified atom stereocenters. The number of carbonyl (C=O) groups is 1. The Labute approximate surface area is 153 Å². The minimum Gasteiger partial charge on any atom is -0.494 e. The zero-order chi connectivity index (χ0) is 18.0. The van der Waals surface area contributed by atoms with Gasteiger partial charge in [-0.25, -0.2) is 0 Å². The van der Waals surface area contributed by atoms with Gasteiger partial charge in [0.1, 0.15) is 5.75 Å². The van der Waals surface area contributed by atoms with Gasteiger partial charge in [0, 0.05) is 30.3 Å². The minimum atomic E-state index is -0.124. The maximum absolute atomic E-state index is 12.4. The Balaban J connectivity index is 1.37. The number of morpholine rings is 1. The third-order valence-electron chi connectivity index (χ3n) is 5.09. The average molecular weight is 352 g/mol. The Hall–Kier alpha value is -2.37. The number of fused-ring (bicyclic) bond motifs is 2. The molecule has 2 aromatic rings. The van der Waals surface area contributed by atoms with Crippen molar-refractivity contribution in [2.75, 3.05) is 25.1 Å². The standard InChI is InChI=1S/C21H24N2O3/c1-2-25-19-9-5-16(6-10-19)20(24)23-17-7-3-15(4-8-17)11-21-12-18(13-26-21)22-14-21/h3-10,18,22H,2,11-14H2,1H3,(H,23,24)/t18-,21-/m1/s1. The van der Waals surface area contributed by atoms with Crippen LogP contribution < -0.4 is 15.4 Å². The fourth-order valence-electron chi connectivity index (χ4n) is 3.77. The minimum absolute atomic E-state index is 0.0439. The molecule has 5 nitrogen and oxygen atoms in total. The van der Waals surface area contributed by atoms with Gasteiger partial charge in [0.25, 0.3) is 5.91 Å². The number of carbonyl (C=O) groups excluding carboxylic acids is 1. The van der Waals surface area contributed by atoms with Crippen LogP contribution in [0.1, 0.15) is 29.3 Å². The van der Waals surface area contributed by atoms with Crippen molar-refractivity contribution >= 4 is 11.6 Å². The van der Waals surface area contributed by atoms with Gasteiger partial charge in [0.05, 0.1) is 18.8 Å². The summed E-state index contributed by atoms with van der Waals surface area (Å²) in [7, 11) is 0. The van der Waals surface area contributed by atoms with Gasteiger partial charge >= 0.3 is 0 Å². The van der Waals surface area contributed by atoms with Crippen molar-refractivity contribution in [3.63, 3.8) is 0 Å². The molecule has 5 heteroatoms. The van der Waals surface area contributed by atoms with E-state index in [1.54, 1.807) is 12.1 Å². The molecule has 2 N–H and O–H groups in total. The third kappa shape index (κ3) is 3.59. The number of ether oxygens (including phenoxy) is 2. The van der Waals surface area contributed by atoms with E-state index in [1.807, 2.05) is 31.2 Å². The highest BCUT2D eigenvalue weighted by molar-refractivity contribution is 6.04. The molecule has 2 fully saturated rings. The molecular formula is C21H24N2O3. The Kier molecular flexibility index (Phi) is 4.66. The lowest BCUT2D eigenvalue weighted by Crippen LogP contribution is -2.40. The van der Waals surface area contributed by atoms with Crippen molar-refractivity contribution in [1.29, 1.82) is 0 Å². The molecule has 0 saturated carbocycles. The summed E-state index contributed by atoms with van der Waals surface area (Å²) in [6.45, 7) is 4.29. The van der Waals surface area contributed by atoms with Crippen LogP contribution in [0.3, 0.4) is 0 Å². The van der Waals surface area contributed by atoms with Crippen molar-refractivity contribution in [2.24, 2.45) is 0 Å². The number of benzene rings is 2. The summed E-state index contributed by atoms with van der Waals surface area (Å²) in [5, 5.41) is 6.43. The average Bonchev–Trinajstić information content (AvgIpc) is 3.25. The van der Waals surface area contributed by atoms with E-state index < -0.39 is 0 Å². The Morgan fingerprint density at radius 3 is 2.58 bits per heavy atom. The summed E-state index contributed by atoms with van der Waals surface area (Å²) in [6.07, 6.45) is 1.99. The molecule has 26 heavy (non-hydrogen) atoms. The summed E-state index contributed by atoms with van der Waals surface area (Å²) in [6, 6.07) is 15.7. The second-order valence-corrected chi connectivity index (χ2v) is 7.06. The summed E-state index contributed by atoms with van der Waals surface area (Å²) < 4.78 is 11.4. The third-order valence-corrected chi connectivity index (χ3v) is 5.09. The molecule has 0 radical (unpaired) electrons. The van der Waals surface area contributed by atoms with Gasteiger partial charge in [-0.2, -0.15) is 0 Å². The van der Waals surface area contributed by atoms with Gasteiger partial charge in [0.2, 0.25) is 0 Å². The fraction of sp³-hybridized carbons (Fsp3) is 0.381. The molecular weight excluding hydrogens is 328 g/mol. The smallest absolute Gasteiger partial charge is 0.255 e. The predicted octanol–water partition coefficient (Wildman–Crippen LogP) is 3.01. The van der Waals surface area contributed by atoms with Crippen LogP contribution in [0, 0.1) is 0 Å². The van der Waals surface area contributed by atoms with E-state index in [-0.39, 0.29) is 11.5 Å². The fourth-order valence-corrected chi connectivity index (χ4v) is 3.77. The summed E-state index contributed by atoms with van der Waals surface area (Å²) in [4.78, 5) is 12.4. The van der Waals surface area contributed by atoms with Crippen LogP contribution in [-0.4, -0.2) is 37.3 Å². The molecule has 2 aromatic carbocycles. The second-order valence-electron chi connectivity index (χ2n) is 7.06. The largest absolute Gasteiger partial charge is 0.494 e. The molecule has 2 aliphatic heterocycles. The molecule has 2 heterocycles. The highest BCUT2D eigenvalue weighted by Gasteiger charge is 2.45. The van der Waals surface area contributed by atoms with E-state index in [4.69, 9.17) is 9.47 Å². The summed E-state index contributed by atoms with van der Waals surface area (Å²) in [5.41, 5.74) is 2.59. The Morgan fingerprint density at radius 2 is 2.00 bits per heavy atom. The molecule has 4 rings (SSSR count). The van der Waals surface area contributed by atoms with Gasteiger partial charge in [-0.05, 0) is 55.3 Å². The monoisotopic (exact) mass is 352 g/mol. The lowest BCUT2D eigenvalue weighted by Gasteiger charge is -2.26. The quantitative estimate of drug-likeness (QED) is 0.839. The Morgan fingerprint density at radius 1 is 1.23 bits per heavy atom. The van der Waals surface area contributed by atoms with Crippen molar-refractivity contribution in [2.45, 2.75) is 31.4 Å². The van der Waals surface area contributed by atoms with Gasteiger partial charge in [-0.1, -0.05) is 12.1 Å². The second kappa shape index (κ2) is 7.09. The number of nitrogens with one attached hydrogen (secondary N) is 2. The first-order valence-corrected chi connectivity index (χ1v) is 9.16. The number of amides is 1. The molecule has 136 valence electrons. The van der Waals surface area contributed by atoms with Crippen molar-refractivity contribution in [3.8, 4) is 5.75 Å². The Bertz CT molecular complexity index is 763. The number of anilines is 1. The molecule has 2 bridgehead atoms. The van der Waals surface area contributed by atoms with Crippen LogP contribution in [0.25, 0.3) is 0 Å². The maximum Gasteiger partial charge on any atom is 0.255 e. The van der Waals surface area contributed by atoms with E-state index in [0.717, 1.165) is 37.4 Å². The predicted molar refractivity (Wildman–Crippen MR) is 101 cm³/mol. The van der Waals surface area contributed by atoms with E-state index in [0.29, 0.717) is 18.2 Å². The van der Waals surface area contributed by atoms with Gasteiger partial charge in [0.15, 0.2) is 0 Å². The lowest BCUT2D eigenvalue weighted by molar-refractivity contribution is -0.00521. The normalized spacial score (nSPS) is 23.8. The summed E-state index contributed by atoms with van der Waals surface area (Å²) >= 11 is 0. The van der Waals surface area contributed by atoms with E-state index >= 15 is 0 Å². The molecule has 0 aliphatic carbocycles. The van der Waals surface area contributed by atoms with Crippen molar-refractivity contribution in [1.82, 2.24) is 5.32 Å². The number of rotatable bonds is 6. The molecule has 2 saturated heterocycles. The maximum atomic E-state index is 12.4.